The summed E-state index contributed by atoms with van der Waals surface area (Å²) in [5.74, 6) is 4.33. The summed E-state index contributed by atoms with van der Waals surface area (Å²) in [6.45, 7) is 4.27. The van der Waals surface area contributed by atoms with Gasteiger partial charge in [0.2, 0.25) is 0 Å². The van der Waals surface area contributed by atoms with Gasteiger partial charge in [-0.2, -0.15) is 0 Å². The molecule has 4 saturated carbocycles. The highest BCUT2D eigenvalue weighted by Crippen LogP contribution is 2.60. The molecule has 4 fully saturated rings. The van der Waals surface area contributed by atoms with Crippen molar-refractivity contribution >= 4 is 0 Å². The summed E-state index contributed by atoms with van der Waals surface area (Å²) in [5, 5.41) is 3.21. The predicted molar refractivity (Wildman–Crippen MR) is 80.3 cm³/mol. The smallest absolute Gasteiger partial charge is 0.105 e. The summed E-state index contributed by atoms with van der Waals surface area (Å²) in [4.78, 5) is 4.70. The lowest BCUT2D eigenvalue weighted by atomic mass is 9.49. The van der Waals surface area contributed by atoms with Crippen LogP contribution < -0.4 is 5.32 Å². The molecule has 3 heteroatoms. The largest absolute Gasteiger partial charge is 0.334 e. The minimum Gasteiger partial charge on any atom is -0.334 e. The van der Waals surface area contributed by atoms with E-state index in [9.17, 15) is 0 Å². The molecule has 20 heavy (non-hydrogen) atoms. The van der Waals surface area contributed by atoms with E-state index in [1.807, 2.05) is 7.05 Å². The van der Waals surface area contributed by atoms with Crippen LogP contribution in [0.1, 0.15) is 50.0 Å². The molecule has 0 aliphatic heterocycles. The topological polar surface area (TPSA) is 29.9 Å². The van der Waals surface area contributed by atoms with Gasteiger partial charge < -0.3 is 9.88 Å². The fourth-order valence-electron chi connectivity index (χ4n) is 5.85. The predicted octanol–water partition coefficient (Wildman–Crippen LogP) is 3.13. The van der Waals surface area contributed by atoms with E-state index in [1.54, 1.807) is 0 Å². The van der Waals surface area contributed by atoms with Crippen molar-refractivity contribution in [2.24, 2.45) is 23.2 Å². The van der Waals surface area contributed by atoms with Crippen molar-refractivity contribution in [2.45, 2.75) is 58.5 Å². The number of hydrogen-bond acceptors (Lipinski definition) is 2. The molecule has 4 bridgehead atoms. The Bertz CT molecular complexity index is 467. The molecule has 1 aromatic rings. The third-order valence-electron chi connectivity index (χ3n) is 6.05. The van der Waals surface area contributed by atoms with Gasteiger partial charge in [-0.1, -0.05) is 0 Å². The van der Waals surface area contributed by atoms with Gasteiger partial charge in [0.15, 0.2) is 0 Å². The van der Waals surface area contributed by atoms with Crippen molar-refractivity contribution in [2.75, 3.05) is 7.05 Å². The highest BCUT2D eigenvalue weighted by Gasteiger charge is 2.50. The Hall–Kier alpha value is -0.830. The van der Waals surface area contributed by atoms with E-state index in [4.69, 9.17) is 4.98 Å². The number of aryl methyl sites for hydroxylation is 1. The summed E-state index contributed by atoms with van der Waals surface area (Å²) < 4.78 is 2.44. The van der Waals surface area contributed by atoms with Gasteiger partial charge in [0, 0.05) is 19.3 Å². The van der Waals surface area contributed by atoms with E-state index in [0.29, 0.717) is 5.41 Å². The average Bonchev–Trinajstić information content (AvgIpc) is 2.67. The minimum absolute atomic E-state index is 0.608. The second-order valence-corrected chi connectivity index (χ2v) is 7.86. The van der Waals surface area contributed by atoms with Crippen molar-refractivity contribution in [3.8, 4) is 0 Å². The zero-order valence-electron chi connectivity index (χ0n) is 12.9. The number of nitrogens with zero attached hydrogens (tertiary/aromatic N) is 2. The normalized spacial score (nSPS) is 38.6. The third kappa shape index (κ3) is 2.11. The van der Waals surface area contributed by atoms with Crippen molar-refractivity contribution in [3.63, 3.8) is 0 Å². The van der Waals surface area contributed by atoms with Gasteiger partial charge >= 0.3 is 0 Å². The van der Waals surface area contributed by atoms with Crippen LogP contribution >= 0.6 is 0 Å². The molecular formula is C17H27N3. The highest BCUT2D eigenvalue weighted by molar-refractivity contribution is 5.07. The van der Waals surface area contributed by atoms with Crippen molar-refractivity contribution in [1.29, 1.82) is 0 Å². The summed E-state index contributed by atoms with van der Waals surface area (Å²) in [6, 6.07) is 0. The van der Waals surface area contributed by atoms with E-state index in [1.165, 1.54) is 56.6 Å². The van der Waals surface area contributed by atoms with Crippen molar-refractivity contribution in [3.05, 3.63) is 17.7 Å². The van der Waals surface area contributed by atoms with Crippen LogP contribution in [-0.2, 0) is 13.1 Å². The minimum atomic E-state index is 0.608. The van der Waals surface area contributed by atoms with Gasteiger partial charge in [0.1, 0.15) is 5.82 Å². The van der Waals surface area contributed by atoms with Gasteiger partial charge in [-0.05, 0) is 75.7 Å². The average molecular weight is 273 g/mol. The Morgan fingerprint density at radius 2 is 1.80 bits per heavy atom. The Kier molecular flexibility index (Phi) is 2.95. The van der Waals surface area contributed by atoms with Crippen LogP contribution in [0.25, 0.3) is 0 Å². The lowest BCUT2D eigenvalue weighted by Crippen LogP contribution is -2.47. The van der Waals surface area contributed by atoms with Gasteiger partial charge in [0.05, 0.1) is 5.69 Å². The first-order chi connectivity index (χ1) is 9.66. The molecule has 4 aliphatic carbocycles. The number of nitrogens with one attached hydrogen (secondary N) is 1. The number of imidazole rings is 1. The molecule has 1 aromatic heterocycles. The van der Waals surface area contributed by atoms with E-state index in [-0.39, 0.29) is 0 Å². The summed E-state index contributed by atoms with van der Waals surface area (Å²) in [7, 11) is 1.99. The molecule has 0 aromatic carbocycles. The molecule has 4 aliphatic rings. The molecule has 1 heterocycles. The number of hydrogen-bond donors (Lipinski definition) is 1. The Labute approximate surface area is 122 Å². The zero-order valence-corrected chi connectivity index (χ0v) is 12.9. The van der Waals surface area contributed by atoms with Gasteiger partial charge in [0.25, 0.3) is 0 Å². The van der Waals surface area contributed by atoms with Crippen LogP contribution in [-0.4, -0.2) is 16.6 Å². The lowest BCUT2D eigenvalue weighted by Gasteiger charge is -2.57. The van der Waals surface area contributed by atoms with Crippen LogP contribution in [0.2, 0.25) is 0 Å². The maximum Gasteiger partial charge on any atom is 0.105 e. The van der Waals surface area contributed by atoms with Crippen LogP contribution in [0.3, 0.4) is 0 Å². The molecule has 0 spiro atoms. The molecule has 0 unspecified atom stereocenters. The monoisotopic (exact) mass is 273 g/mol. The fourth-order valence-corrected chi connectivity index (χ4v) is 5.85. The second kappa shape index (κ2) is 4.59. The first kappa shape index (κ1) is 12.9. The van der Waals surface area contributed by atoms with Crippen LogP contribution in [0.5, 0.6) is 0 Å². The maximum absolute atomic E-state index is 4.70. The Balaban J connectivity index is 1.56. The second-order valence-electron chi connectivity index (χ2n) is 7.86. The lowest BCUT2D eigenvalue weighted by molar-refractivity contribution is -0.0621. The Morgan fingerprint density at radius 3 is 2.35 bits per heavy atom. The van der Waals surface area contributed by atoms with Crippen LogP contribution in [0.4, 0.5) is 0 Å². The Morgan fingerprint density at radius 1 is 1.20 bits per heavy atom. The van der Waals surface area contributed by atoms with E-state index < -0.39 is 0 Å². The first-order valence-corrected chi connectivity index (χ1v) is 8.33. The zero-order chi connectivity index (χ0) is 13.7. The summed E-state index contributed by atoms with van der Waals surface area (Å²) >= 11 is 0. The molecule has 110 valence electrons. The van der Waals surface area contributed by atoms with Crippen LogP contribution in [0, 0.1) is 30.1 Å². The van der Waals surface area contributed by atoms with Crippen LogP contribution in [0.15, 0.2) is 6.20 Å². The van der Waals surface area contributed by atoms with Crippen molar-refractivity contribution in [1.82, 2.24) is 14.9 Å². The number of aromatic nitrogens is 2. The quantitative estimate of drug-likeness (QED) is 0.913. The van der Waals surface area contributed by atoms with E-state index in [2.05, 4.69) is 23.0 Å². The molecule has 0 radical (unpaired) electrons. The summed E-state index contributed by atoms with van der Waals surface area (Å²) in [5.41, 5.74) is 1.80. The molecule has 1 N–H and O–H groups in total. The van der Waals surface area contributed by atoms with Gasteiger partial charge in [-0.3, -0.25) is 0 Å². The molecule has 0 amide bonds. The first-order valence-electron chi connectivity index (χ1n) is 8.33. The van der Waals surface area contributed by atoms with Crippen molar-refractivity contribution < 1.29 is 0 Å². The maximum atomic E-state index is 4.70. The SMILES string of the molecule is CNCc1cn(CC23CC4CC(CC(C4)C2)C3)c(C)n1. The standard InChI is InChI=1S/C17H27N3/c1-12-19-16(9-18-2)10-20(12)11-17-6-13-3-14(7-17)5-15(4-13)8-17/h10,13-15,18H,3-9,11H2,1-2H3. The van der Waals surface area contributed by atoms with Gasteiger partial charge in [-0.25, -0.2) is 4.98 Å². The molecule has 3 nitrogen and oxygen atoms in total. The highest BCUT2D eigenvalue weighted by atomic mass is 15.1. The third-order valence-corrected chi connectivity index (χ3v) is 6.05. The molecule has 5 rings (SSSR count). The molecule has 0 saturated heterocycles. The van der Waals surface area contributed by atoms with E-state index >= 15 is 0 Å². The fraction of sp³-hybridized carbons (Fsp3) is 0.824. The van der Waals surface area contributed by atoms with E-state index in [0.717, 1.165) is 24.3 Å². The van der Waals surface area contributed by atoms with Gasteiger partial charge in [-0.15, -0.1) is 0 Å². The molecular weight excluding hydrogens is 246 g/mol. The summed E-state index contributed by atoms with van der Waals surface area (Å²) in [6.07, 6.45) is 11.3. The number of rotatable bonds is 4. The molecule has 0 atom stereocenters.